The molecule has 46 valence electrons. The second kappa shape index (κ2) is 1.56. The summed E-state index contributed by atoms with van der Waals surface area (Å²) in [6.45, 7) is 0. The first-order valence-corrected chi connectivity index (χ1v) is 3.28. The van der Waals surface area contributed by atoms with Gasteiger partial charge in [0.05, 0.1) is 0 Å². The third kappa shape index (κ3) is 0.645. The van der Waals surface area contributed by atoms with Crippen LogP contribution in [0.15, 0.2) is 23.8 Å². The molecular formula is C8H8O. The van der Waals surface area contributed by atoms with Crippen LogP contribution in [0.25, 0.3) is 0 Å². The van der Waals surface area contributed by atoms with Crippen LogP contribution in [0.4, 0.5) is 0 Å². The smallest absolute Gasteiger partial charge is 0.181 e. The van der Waals surface area contributed by atoms with Gasteiger partial charge in [0, 0.05) is 0 Å². The third-order valence-corrected chi connectivity index (χ3v) is 1.99. The van der Waals surface area contributed by atoms with Crippen LogP contribution in [0.2, 0.25) is 0 Å². The molecule has 0 amide bonds. The average Bonchev–Trinajstić information content (AvgIpc) is 2.25. The van der Waals surface area contributed by atoms with E-state index in [1.807, 2.05) is 6.08 Å². The van der Waals surface area contributed by atoms with Gasteiger partial charge in [0.15, 0.2) is 5.78 Å². The van der Waals surface area contributed by atoms with Gasteiger partial charge in [-0.25, -0.2) is 0 Å². The van der Waals surface area contributed by atoms with Gasteiger partial charge < -0.3 is 0 Å². The number of rotatable bonds is 0. The van der Waals surface area contributed by atoms with E-state index in [1.165, 1.54) is 0 Å². The first kappa shape index (κ1) is 4.98. The van der Waals surface area contributed by atoms with Gasteiger partial charge in [0.2, 0.25) is 0 Å². The van der Waals surface area contributed by atoms with Gasteiger partial charge in [0.1, 0.15) is 0 Å². The lowest BCUT2D eigenvalue weighted by molar-refractivity contribution is -0.111. The van der Waals surface area contributed by atoms with E-state index >= 15 is 0 Å². The summed E-state index contributed by atoms with van der Waals surface area (Å²) < 4.78 is 0. The van der Waals surface area contributed by atoms with Gasteiger partial charge in [0.25, 0.3) is 0 Å². The van der Waals surface area contributed by atoms with E-state index in [2.05, 4.69) is 6.08 Å². The maximum atomic E-state index is 10.9. The van der Waals surface area contributed by atoms with Crippen LogP contribution >= 0.6 is 0 Å². The Balaban J connectivity index is 2.42. The lowest BCUT2D eigenvalue weighted by atomic mass is 9.97. The molecule has 1 heteroatoms. The number of carbonyl (C=O) groups excluding carboxylic acids is 1. The topological polar surface area (TPSA) is 17.1 Å². The first-order valence-electron chi connectivity index (χ1n) is 3.28. The number of hydrogen-bond donors (Lipinski definition) is 0. The molecule has 0 fully saturated rings. The molecule has 1 unspecified atom stereocenters. The number of allylic oxidation sites excluding steroid dienone is 4. The van der Waals surface area contributed by atoms with Crippen molar-refractivity contribution in [1.29, 1.82) is 0 Å². The van der Waals surface area contributed by atoms with Crippen LogP contribution < -0.4 is 0 Å². The fraction of sp³-hybridized carbons (Fsp3) is 0.375. The quantitative estimate of drug-likeness (QED) is 0.473. The van der Waals surface area contributed by atoms with Crippen molar-refractivity contribution >= 4 is 5.78 Å². The molecule has 0 aromatic heterocycles. The zero-order valence-corrected chi connectivity index (χ0v) is 5.13. The van der Waals surface area contributed by atoms with Gasteiger partial charge in [-0.05, 0) is 30.4 Å². The molecule has 2 rings (SSSR count). The van der Waals surface area contributed by atoms with Crippen molar-refractivity contribution in [3.8, 4) is 0 Å². The van der Waals surface area contributed by atoms with E-state index in [-0.39, 0.29) is 5.78 Å². The fourth-order valence-corrected chi connectivity index (χ4v) is 1.42. The number of carbonyl (C=O) groups is 1. The minimum atomic E-state index is 0.226. The Hall–Kier alpha value is -0.850. The molecule has 1 nitrogen and oxygen atoms in total. The second-order valence-electron chi connectivity index (χ2n) is 2.65. The van der Waals surface area contributed by atoms with Crippen molar-refractivity contribution in [1.82, 2.24) is 0 Å². The summed E-state index contributed by atoms with van der Waals surface area (Å²) >= 11 is 0. The van der Waals surface area contributed by atoms with Crippen LogP contribution in [0, 0.1) is 5.92 Å². The summed E-state index contributed by atoms with van der Waals surface area (Å²) in [6, 6.07) is 0. The van der Waals surface area contributed by atoms with Gasteiger partial charge in [-0.15, -0.1) is 0 Å². The summed E-state index contributed by atoms with van der Waals surface area (Å²) in [7, 11) is 0. The van der Waals surface area contributed by atoms with Gasteiger partial charge in [-0.1, -0.05) is 12.2 Å². The lowest BCUT2D eigenvalue weighted by Gasteiger charge is -2.06. The van der Waals surface area contributed by atoms with Crippen molar-refractivity contribution in [2.45, 2.75) is 12.8 Å². The molecule has 0 saturated carbocycles. The zero-order chi connectivity index (χ0) is 6.27. The Morgan fingerprint density at radius 1 is 1.56 bits per heavy atom. The van der Waals surface area contributed by atoms with E-state index in [1.54, 1.807) is 6.08 Å². The first-order chi connectivity index (χ1) is 4.36. The Labute approximate surface area is 54.1 Å². The minimum Gasteiger partial charge on any atom is -0.290 e. The summed E-state index contributed by atoms with van der Waals surface area (Å²) in [6.07, 6.45) is 7.86. The summed E-state index contributed by atoms with van der Waals surface area (Å²) in [4.78, 5) is 10.9. The molecule has 2 aliphatic carbocycles. The SMILES string of the molecule is O=C1C=CC2CC=C1C2. The molecule has 0 spiro atoms. The highest BCUT2D eigenvalue weighted by Crippen LogP contribution is 2.30. The molecule has 1 atom stereocenters. The summed E-state index contributed by atoms with van der Waals surface area (Å²) in [5.41, 5.74) is 1.03. The number of hydrogen-bond acceptors (Lipinski definition) is 1. The molecule has 0 aromatic carbocycles. The molecular weight excluding hydrogens is 112 g/mol. The van der Waals surface area contributed by atoms with Crippen molar-refractivity contribution < 1.29 is 4.79 Å². The highest BCUT2D eigenvalue weighted by molar-refractivity contribution is 6.05. The van der Waals surface area contributed by atoms with E-state index in [4.69, 9.17) is 0 Å². The minimum absolute atomic E-state index is 0.226. The monoisotopic (exact) mass is 120 g/mol. The van der Waals surface area contributed by atoms with Crippen molar-refractivity contribution in [2.24, 2.45) is 5.92 Å². The molecule has 0 heterocycles. The van der Waals surface area contributed by atoms with Crippen LogP contribution in [0.5, 0.6) is 0 Å². The Bertz CT molecular complexity index is 211. The predicted molar refractivity (Wildman–Crippen MR) is 35.0 cm³/mol. The Morgan fingerprint density at radius 3 is 3.22 bits per heavy atom. The summed E-state index contributed by atoms with van der Waals surface area (Å²) in [5, 5.41) is 0. The number of ketones is 1. The molecule has 0 radical (unpaired) electrons. The molecule has 0 aromatic rings. The number of fused-ring (bicyclic) bond motifs is 2. The highest BCUT2D eigenvalue weighted by Gasteiger charge is 2.22. The Kier molecular flexibility index (Phi) is 0.865. The van der Waals surface area contributed by atoms with Gasteiger partial charge in [-0.3, -0.25) is 4.79 Å². The molecule has 2 aliphatic rings. The van der Waals surface area contributed by atoms with E-state index in [9.17, 15) is 4.79 Å². The van der Waals surface area contributed by atoms with Crippen molar-refractivity contribution in [3.05, 3.63) is 23.8 Å². The molecule has 0 N–H and O–H groups in total. The molecule has 9 heavy (non-hydrogen) atoms. The predicted octanol–water partition coefficient (Wildman–Crippen LogP) is 1.46. The highest BCUT2D eigenvalue weighted by atomic mass is 16.1. The van der Waals surface area contributed by atoms with Gasteiger partial charge in [-0.2, -0.15) is 0 Å². The maximum absolute atomic E-state index is 10.9. The van der Waals surface area contributed by atoms with Crippen LogP contribution in [0.3, 0.4) is 0 Å². The van der Waals surface area contributed by atoms with E-state index in [0.717, 1.165) is 18.4 Å². The largest absolute Gasteiger partial charge is 0.290 e. The fourth-order valence-electron chi connectivity index (χ4n) is 1.42. The average molecular weight is 120 g/mol. The van der Waals surface area contributed by atoms with Gasteiger partial charge >= 0.3 is 0 Å². The van der Waals surface area contributed by atoms with Crippen molar-refractivity contribution in [2.75, 3.05) is 0 Å². The summed E-state index contributed by atoms with van der Waals surface area (Å²) in [5.74, 6) is 0.876. The second-order valence-corrected chi connectivity index (χ2v) is 2.65. The molecule has 2 bridgehead atoms. The molecule has 0 aliphatic heterocycles. The lowest BCUT2D eigenvalue weighted by Crippen LogP contribution is -2.03. The van der Waals surface area contributed by atoms with E-state index in [0.29, 0.717) is 5.92 Å². The van der Waals surface area contributed by atoms with Crippen molar-refractivity contribution in [3.63, 3.8) is 0 Å². The van der Waals surface area contributed by atoms with Crippen LogP contribution in [-0.4, -0.2) is 5.78 Å². The maximum Gasteiger partial charge on any atom is 0.181 e. The normalized spacial score (nSPS) is 30.9. The van der Waals surface area contributed by atoms with Crippen LogP contribution in [0.1, 0.15) is 12.8 Å². The zero-order valence-electron chi connectivity index (χ0n) is 5.13. The Morgan fingerprint density at radius 2 is 2.44 bits per heavy atom. The van der Waals surface area contributed by atoms with E-state index < -0.39 is 0 Å². The van der Waals surface area contributed by atoms with Crippen LogP contribution in [-0.2, 0) is 4.79 Å². The third-order valence-electron chi connectivity index (χ3n) is 1.99. The molecule has 0 saturated heterocycles. The standard InChI is InChI=1S/C8H8O/c9-8-4-2-6-1-3-7(8)5-6/h2-4,6H,1,5H2.